The predicted molar refractivity (Wildman–Crippen MR) is 90.0 cm³/mol. The van der Waals surface area contributed by atoms with Crippen molar-refractivity contribution < 1.29 is 0 Å². The van der Waals surface area contributed by atoms with Crippen molar-refractivity contribution in [2.24, 2.45) is 5.92 Å². The molecular weight excluding hydrogens is 282 g/mol. The second-order valence-corrected chi connectivity index (χ2v) is 6.54. The summed E-state index contributed by atoms with van der Waals surface area (Å²) in [5, 5.41) is 9.24. The molecule has 1 unspecified atom stereocenters. The van der Waals surface area contributed by atoms with Crippen LogP contribution in [-0.4, -0.2) is 22.4 Å². The Morgan fingerprint density at radius 2 is 2.10 bits per heavy atom. The summed E-state index contributed by atoms with van der Waals surface area (Å²) in [5.41, 5.74) is 2.29. The number of nitrogens with one attached hydrogen (secondary N) is 1. The van der Waals surface area contributed by atoms with Crippen molar-refractivity contribution >= 4 is 11.6 Å². The summed E-state index contributed by atoms with van der Waals surface area (Å²) in [6, 6.07) is 0.715. The average Bonchev–Trinajstić information content (AvgIpc) is 3.28. The van der Waals surface area contributed by atoms with E-state index in [4.69, 9.17) is 11.6 Å². The lowest BCUT2D eigenvalue weighted by molar-refractivity contribution is 0.422. The third-order valence-corrected chi connectivity index (χ3v) is 4.91. The van der Waals surface area contributed by atoms with Crippen molar-refractivity contribution in [2.75, 3.05) is 6.54 Å². The summed E-state index contributed by atoms with van der Waals surface area (Å²) in [6.07, 6.45) is 8.48. The molecule has 3 nitrogen and oxygen atoms in total. The van der Waals surface area contributed by atoms with Gasteiger partial charge in [0.1, 0.15) is 0 Å². The number of aryl methyl sites for hydroxylation is 2. The zero-order chi connectivity index (χ0) is 15.2. The fraction of sp³-hybridized carbons (Fsp3) is 0.824. The molecule has 120 valence electrons. The van der Waals surface area contributed by atoms with E-state index in [0.29, 0.717) is 6.04 Å². The largest absolute Gasteiger partial charge is 0.314 e. The molecule has 0 amide bonds. The van der Waals surface area contributed by atoms with Gasteiger partial charge in [-0.15, -0.1) is 0 Å². The topological polar surface area (TPSA) is 29.9 Å². The molecule has 1 aliphatic carbocycles. The minimum atomic E-state index is 0.715. The number of nitrogens with zero attached hydrogens (tertiary/aromatic N) is 2. The Bertz CT molecular complexity index is 437. The van der Waals surface area contributed by atoms with Crippen LogP contribution in [-0.2, 0) is 19.4 Å². The van der Waals surface area contributed by atoms with E-state index < -0.39 is 0 Å². The summed E-state index contributed by atoms with van der Waals surface area (Å²) < 4.78 is 2.09. The quantitative estimate of drug-likeness (QED) is 0.701. The maximum Gasteiger partial charge on any atom is 0.0849 e. The van der Waals surface area contributed by atoms with E-state index in [9.17, 15) is 0 Å². The summed E-state index contributed by atoms with van der Waals surface area (Å²) in [7, 11) is 0. The fourth-order valence-electron chi connectivity index (χ4n) is 3.08. The molecule has 1 aromatic rings. The minimum absolute atomic E-state index is 0.715. The summed E-state index contributed by atoms with van der Waals surface area (Å²) in [6.45, 7) is 8.56. The number of aromatic nitrogens is 2. The van der Waals surface area contributed by atoms with E-state index in [2.05, 4.69) is 35.9 Å². The van der Waals surface area contributed by atoms with Crippen molar-refractivity contribution in [3.05, 3.63) is 16.4 Å². The average molecular weight is 312 g/mol. The van der Waals surface area contributed by atoms with Crippen molar-refractivity contribution in [1.82, 2.24) is 15.1 Å². The van der Waals surface area contributed by atoms with Gasteiger partial charge in [-0.2, -0.15) is 5.10 Å². The van der Waals surface area contributed by atoms with E-state index in [1.807, 2.05) is 0 Å². The standard InChI is InChI=1S/C17H30ClN3/c1-4-12-19-15(13-10-11-13)8-7-9-16-17(18)14(5-2)20-21(16)6-3/h13,15,19H,4-12H2,1-3H3. The molecule has 0 saturated heterocycles. The second kappa shape index (κ2) is 8.19. The maximum atomic E-state index is 6.48. The Labute approximate surface area is 134 Å². The molecule has 0 spiro atoms. The molecule has 1 fully saturated rings. The van der Waals surface area contributed by atoms with E-state index >= 15 is 0 Å². The molecule has 0 radical (unpaired) electrons. The van der Waals surface area contributed by atoms with Crippen LogP contribution in [0.15, 0.2) is 0 Å². The van der Waals surface area contributed by atoms with Crippen LogP contribution in [0.3, 0.4) is 0 Å². The van der Waals surface area contributed by atoms with E-state index in [0.717, 1.165) is 42.6 Å². The Morgan fingerprint density at radius 1 is 1.33 bits per heavy atom. The lowest BCUT2D eigenvalue weighted by Crippen LogP contribution is -2.31. The molecule has 2 rings (SSSR count). The molecule has 21 heavy (non-hydrogen) atoms. The maximum absolute atomic E-state index is 6.48. The normalized spacial score (nSPS) is 16.4. The molecule has 1 saturated carbocycles. The highest BCUT2D eigenvalue weighted by Gasteiger charge is 2.30. The van der Waals surface area contributed by atoms with Gasteiger partial charge >= 0.3 is 0 Å². The Morgan fingerprint density at radius 3 is 2.67 bits per heavy atom. The SMILES string of the molecule is CCCNC(CCCc1c(Cl)c(CC)nn1CC)C1CC1. The molecule has 0 aromatic carbocycles. The third-order valence-electron chi connectivity index (χ3n) is 4.47. The van der Waals surface area contributed by atoms with Crippen LogP contribution >= 0.6 is 11.6 Å². The van der Waals surface area contributed by atoms with E-state index in [-0.39, 0.29) is 0 Å². The van der Waals surface area contributed by atoms with Crippen molar-refractivity contribution in [3.63, 3.8) is 0 Å². The number of hydrogen-bond acceptors (Lipinski definition) is 2. The smallest absolute Gasteiger partial charge is 0.0849 e. The Kier molecular flexibility index (Phi) is 6.56. The molecule has 1 aliphatic rings. The highest BCUT2D eigenvalue weighted by molar-refractivity contribution is 6.31. The molecule has 1 aromatic heterocycles. The Hall–Kier alpha value is -0.540. The third kappa shape index (κ3) is 4.46. The van der Waals surface area contributed by atoms with Crippen molar-refractivity contribution in [2.45, 2.75) is 78.3 Å². The fourth-order valence-corrected chi connectivity index (χ4v) is 3.44. The zero-order valence-electron chi connectivity index (χ0n) is 13.8. The number of rotatable bonds is 10. The van der Waals surface area contributed by atoms with Gasteiger partial charge in [0.15, 0.2) is 0 Å². The highest BCUT2D eigenvalue weighted by atomic mass is 35.5. The van der Waals surface area contributed by atoms with Gasteiger partial charge in [-0.05, 0) is 64.3 Å². The van der Waals surface area contributed by atoms with Crippen molar-refractivity contribution in [1.29, 1.82) is 0 Å². The van der Waals surface area contributed by atoms with Gasteiger partial charge in [0.2, 0.25) is 0 Å². The first-order valence-corrected chi connectivity index (χ1v) is 9.06. The van der Waals surface area contributed by atoms with Gasteiger partial charge in [-0.1, -0.05) is 25.4 Å². The molecule has 1 N–H and O–H groups in total. The summed E-state index contributed by atoms with van der Waals surface area (Å²) in [4.78, 5) is 0. The van der Waals surface area contributed by atoms with Gasteiger partial charge in [-0.3, -0.25) is 4.68 Å². The van der Waals surface area contributed by atoms with Crippen LogP contribution in [0.1, 0.15) is 64.3 Å². The van der Waals surface area contributed by atoms with Crippen LogP contribution in [0.5, 0.6) is 0 Å². The lowest BCUT2D eigenvalue weighted by atomic mass is 10.0. The molecule has 0 aliphatic heterocycles. The highest BCUT2D eigenvalue weighted by Crippen LogP contribution is 2.35. The van der Waals surface area contributed by atoms with E-state index in [1.165, 1.54) is 37.8 Å². The molecule has 1 atom stereocenters. The monoisotopic (exact) mass is 311 g/mol. The first-order valence-electron chi connectivity index (χ1n) is 8.68. The van der Waals surface area contributed by atoms with Gasteiger partial charge in [0, 0.05) is 12.6 Å². The number of halogens is 1. The van der Waals surface area contributed by atoms with Crippen molar-refractivity contribution in [3.8, 4) is 0 Å². The first kappa shape index (κ1) is 16.8. The van der Waals surface area contributed by atoms with Gasteiger partial charge in [-0.25, -0.2) is 0 Å². The molecule has 4 heteroatoms. The van der Waals surface area contributed by atoms with Crippen LogP contribution in [0, 0.1) is 5.92 Å². The summed E-state index contributed by atoms with van der Waals surface area (Å²) in [5.74, 6) is 0.925. The van der Waals surface area contributed by atoms with Gasteiger partial charge in [0.05, 0.1) is 16.4 Å². The minimum Gasteiger partial charge on any atom is -0.314 e. The first-order chi connectivity index (χ1) is 10.2. The number of hydrogen-bond donors (Lipinski definition) is 1. The van der Waals surface area contributed by atoms with Gasteiger partial charge < -0.3 is 5.32 Å². The van der Waals surface area contributed by atoms with Gasteiger partial charge in [0.25, 0.3) is 0 Å². The molecular formula is C17H30ClN3. The van der Waals surface area contributed by atoms with Crippen LogP contribution in [0.4, 0.5) is 0 Å². The Balaban J connectivity index is 1.88. The second-order valence-electron chi connectivity index (χ2n) is 6.17. The van der Waals surface area contributed by atoms with Crippen LogP contribution < -0.4 is 5.32 Å². The molecule has 0 bridgehead atoms. The summed E-state index contributed by atoms with van der Waals surface area (Å²) >= 11 is 6.48. The predicted octanol–water partition coefficient (Wildman–Crippen LogP) is 4.22. The van der Waals surface area contributed by atoms with E-state index in [1.54, 1.807) is 0 Å². The lowest BCUT2D eigenvalue weighted by Gasteiger charge is -2.18. The van der Waals surface area contributed by atoms with Crippen LogP contribution in [0.2, 0.25) is 5.02 Å². The molecule has 1 heterocycles. The van der Waals surface area contributed by atoms with Crippen LogP contribution in [0.25, 0.3) is 0 Å². The zero-order valence-corrected chi connectivity index (χ0v) is 14.5.